The van der Waals surface area contributed by atoms with Gasteiger partial charge in [0.15, 0.2) is 20.6 Å². The average molecular weight is 308 g/mol. The maximum atomic E-state index is 12.0. The number of sulfone groups is 1. The number of nitrogen functional groups attached to an aromatic ring is 1. The number of aromatic nitrogens is 2. The van der Waals surface area contributed by atoms with E-state index in [0.717, 1.165) is 17.5 Å². The zero-order chi connectivity index (χ0) is 15.8. The van der Waals surface area contributed by atoms with E-state index in [2.05, 4.69) is 10.4 Å². The standard InChI is InChI=1S/C14H20N4O2S/c1-9(2)16-14-12(21(4,19)20)13(15)18(17-14)11-7-5-6-10(3)8-11/h5-9H,15H2,1-4H3,(H,16,17). The molecule has 21 heavy (non-hydrogen) atoms. The average Bonchev–Trinajstić information content (AvgIpc) is 2.64. The largest absolute Gasteiger partial charge is 0.382 e. The Morgan fingerprint density at radius 1 is 1.33 bits per heavy atom. The molecule has 7 heteroatoms. The summed E-state index contributed by atoms with van der Waals surface area (Å²) in [7, 11) is -3.48. The van der Waals surface area contributed by atoms with E-state index in [1.54, 1.807) is 0 Å². The number of nitrogens with two attached hydrogens (primary N) is 1. The van der Waals surface area contributed by atoms with Gasteiger partial charge >= 0.3 is 0 Å². The summed E-state index contributed by atoms with van der Waals surface area (Å²) in [6, 6.07) is 7.61. The predicted molar refractivity (Wildman–Crippen MR) is 84.6 cm³/mol. The minimum absolute atomic E-state index is 0.0395. The molecule has 1 heterocycles. The van der Waals surface area contributed by atoms with Crippen molar-refractivity contribution in [3.63, 3.8) is 0 Å². The van der Waals surface area contributed by atoms with E-state index in [4.69, 9.17) is 5.73 Å². The van der Waals surface area contributed by atoms with Crippen molar-refractivity contribution in [2.75, 3.05) is 17.3 Å². The second kappa shape index (κ2) is 5.40. The van der Waals surface area contributed by atoms with Gasteiger partial charge in [-0.15, -0.1) is 5.10 Å². The first-order valence-corrected chi connectivity index (χ1v) is 8.51. The maximum Gasteiger partial charge on any atom is 0.182 e. The van der Waals surface area contributed by atoms with Crippen molar-refractivity contribution in [2.45, 2.75) is 31.7 Å². The van der Waals surface area contributed by atoms with Crippen LogP contribution in [0.1, 0.15) is 19.4 Å². The SMILES string of the molecule is Cc1cccc(-n2nc(NC(C)C)c(S(C)(=O)=O)c2N)c1. The fraction of sp³-hybridized carbons (Fsp3) is 0.357. The molecule has 0 saturated carbocycles. The second-order valence-corrected chi connectivity index (χ2v) is 7.34. The van der Waals surface area contributed by atoms with Crippen LogP contribution in [0.25, 0.3) is 5.69 Å². The molecular formula is C14H20N4O2S. The van der Waals surface area contributed by atoms with Crippen LogP contribution in [0.5, 0.6) is 0 Å². The summed E-state index contributed by atoms with van der Waals surface area (Å²) in [5.74, 6) is 0.401. The van der Waals surface area contributed by atoms with Gasteiger partial charge in [0, 0.05) is 12.3 Å². The lowest BCUT2D eigenvalue weighted by Gasteiger charge is -2.07. The lowest BCUT2D eigenvalue weighted by molar-refractivity contribution is 0.602. The monoisotopic (exact) mass is 308 g/mol. The van der Waals surface area contributed by atoms with Gasteiger partial charge < -0.3 is 11.1 Å². The van der Waals surface area contributed by atoms with Gasteiger partial charge in [-0.05, 0) is 38.5 Å². The minimum atomic E-state index is -3.48. The predicted octanol–water partition coefficient (Wildman–Crippen LogP) is 1.99. The minimum Gasteiger partial charge on any atom is -0.382 e. The number of hydrogen-bond acceptors (Lipinski definition) is 5. The Kier molecular flexibility index (Phi) is 3.95. The summed E-state index contributed by atoms with van der Waals surface area (Å²) in [6.45, 7) is 5.77. The molecule has 0 atom stereocenters. The van der Waals surface area contributed by atoms with Gasteiger partial charge in [0.2, 0.25) is 0 Å². The zero-order valence-corrected chi connectivity index (χ0v) is 13.4. The van der Waals surface area contributed by atoms with Crippen LogP contribution in [-0.2, 0) is 9.84 Å². The third kappa shape index (κ3) is 3.18. The Hall–Kier alpha value is -2.02. The number of hydrogen-bond donors (Lipinski definition) is 2. The number of benzene rings is 1. The Morgan fingerprint density at radius 2 is 2.00 bits per heavy atom. The van der Waals surface area contributed by atoms with E-state index >= 15 is 0 Å². The van der Waals surface area contributed by atoms with Gasteiger partial charge in [0.05, 0.1) is 5.69 Å². The van der Waals surface area contributed by atoms with E-state index in [9.17, 15) is 8.42 Å². The van der Waals surface area contributed by atoms with E-state index in [1.807, 2.05) is 45.0 Å². The number of nitrogens with one attached hydrogen (secondary N) is 1. The van der Waals surface area contributed by atoms with Crippen molar-refractivity contribution in [3.05, 3.63) is 29.8 Å². The molecule has 2 aromatic rings. The van der Waals surface area contributed by atoms with Gasteiger partial charge in [-0.1, -0.05) is 12.1 Å². The molecule has 0 bridgehead atoms. The van der Waals surface area contributed by atoms with Crippen molar-refractivity contribution < 1.29 is 8.42 Å². The zero-order valence-electron chi connectivity index (χ0n) is 12.6. The lowest BCUT2D eigenvalue weighted by Crippen LogP contribution is -2.13. The Labute approximate surface area is 124 Å². The highest BCUT2D eigenvalue weighted by Gasteiger charge is 2.25. The normalized spacial score (nSPS) is 11.9. The molecule has 0 spiro atoms. The highest BCUT2D eigenvalue weighted by atomic mass is 32.2. The number of anilines is 2. The van der Waals surface area contributed by atoms with Gasteiger partial charge in [-0.2, -0.15) is 0 Å². The molecule has 0 saturated heterocycles. The van der Waals surface area contributed by atoms with Crippen LogP contribution in [0.4, 0.5) is 11.6 Å². The first-order chi connectivity index (χ1) is 9.70. The summed E-state index contributed by atoms with van der Waals surface area (Å²) in [5, 5.41) is 7.36. The fourth-order valence-electron chi connectivity index (χ4n) is 2.11. The molecule has 0 aliphatic carbocycles. The smallest absolute Gasteiger partial charge is 0.182 e. The van der Waals surface area contributed by atoms with Crippen LogP contribution in [0.3, 0.4) is 0 Å². The first-order valence-electron chi connectivity index (χ1n) is 6.62. The summed E-state index contributed by atoms with van der Waals surface area (Å²) >= 11 is 0. The van der Waals surface area contributed by atoms with Crippen LogP contribution >= 0.6 is 0 Å². The van der Waals surface area contributed by atoms with Crippen LogP contribution in [0.15, 0.2) is 29.2 Å². The van der Waals surface area contributed by atoms with Crippen molar-refractivity contribution in [1.82, 2.24) is 9.78 Å². The highest BCUT2D eigenvalue weighted by molar-refractivity contribution is 7.91. The topological polar surface area (TPSA) is 90.0 Å². The summed E-state index contributed by atoms with van der Waals surface area (Å²) in [4.78, 5) is 0.0395. The molecular weight excluding hydrogens is 288 g/mol. The molecule has 2 rings (SSSR count). The van der Waals surface area contributed by atoms with Gasteiger partial charge in [0.1, 0.15) is 5.82 Å². The molecule has 0 aliphatic rings. The maximum absolute atomic E-state index is 12.0. The molecule has 3 N–H and O–H groups in total. The molecule has 0 radical (unpaired) electrons. The molecule has 0 aliphatic heterocycles. The fourth-order valence-corrected chi connectivity index (χ4v) is 3.02. The third-order valence-electron chi connectivity index (χ3n) is 2.92. The van der Waals surface area contributed by atoms with Crippen LogP contribution in [-0.4, -0.2) is 30.5 Å². The second-order valence-electron chi connectivity index (χ2n) is 5.38. The van der Waals surface area contributed by atoms with Crippen molar-refractivity contribution in [1.29, 1.82) is 0 Å². The Morgan fingerprint density at radius 3 is 2.52 bits per heavy atom. The molecule has 114 valence electrons. The number of aryl methyl sites for hydroxylation is 1. The Balaban J connectivity index is 2.67. The van der Waals surface area contributed by atoms with Crippen LogP contribution in [0, 0.1) is 6.92 Å². The van der Waals surface area contributed by atoms with E-state index < -0.39 is 9.84 Å². The van der Waals surface area contributed by atoms with E-state index in [-0.39, 0.29) is 22.6 Å². The molecule has 1 aromatic carbocycles. The summed E-state index contributed by atoms with van der Waals surface area (Å²) < 4.78 is 25.4. The lowest BCUT2D eigenvalue weighted by atomic mass is 10.2. The molecule has 1 aromatic heterocycles. The highest BCUT2D eigenvalue weighted by Crippen LogP contribution is 2.30. The molecule has 0 amide bonds. The first kappa shape index (κ1) is 15.4. The Bertz CT molecular complexity index is 763. The van der Waals surface area contributed by atoms with E-state index in [1.165, 1.54) is 4.68 Å². The van der Waals surface area contributed by atoms with E-state index in [0.29, 0.717) is 0 Å². The molecule has 6 nitrogen and oxygen atoms in total. The summed E-state index contributed by atoms with van der Waals surface area (Å²) in [5.41, 5.74) is 7.80. The number of rotatable bonds is 4. The van der Waals surface area contributed by atoms with Gasteiger partial charge in [-0.25, -0.2) is 13.1 Å². The van der Waals surface area contributed by atoms with Gasteiger partial charge in [-0.3, -0.25) is 0 Å². The quantitative estimate of drug-likeness (QED) is 0.901. The van der Waals surface area contributed by atoms with Gasteiger partial charge in [0.25, 0.3) is 0 Å². The molecule has 0 unspecified atom stereocenters. The third-order valence-corrected chi connectivity index (χ3v) is 4.06. The van der Waals surface area contributed by atoms with Crippen molar-refractivity contribution in [2.24, 2.45) is 0 Å². The van der Waals surface area contributed by atoms with Crippen LogP contribution in [0.2, 0.25) is 0 Å². The number of nitrogens with zero attached hydrogens (tertiary/aromatic N) is 2. The van der Waals surface area contributed by atoms with Crippen LogP contribution < -0.4 is 11.1 Å². The van der Waals surface area contributed by atoms with Crippen molar-refractivity contribution in [3.8, 4) is 5.69 Å². The van der Waals surface area contributed by atoms with Crippen molar-refractivity contribution >= 4 is 21.5 Å². The molecule has 0 fully saturated rings. The summed E-state index contributed by atoms with van der Waals surface area (Å²) in [6.07, 6.45) is 1.13.